The van der Waals surface area contributed by atoms with Crippen LogP contribution in [-0.4, -0.2) is 19.8 Å². The first-order valence-electron chi connectivity index (χ1n) is 6.41. The molecule has 0 heterocycles. The Bertz CT molecular complexity index is 758. The molecule has 0 amide bonds. The standard InChI is InChI=1S/C15H14Cl2FNO2S/c1-10(11-3-5-14(18)6-4-11)19(2)22(20,21)15-8-12(16)7-13(17)9-15/h3-10H,1-2H3. The molecular weight excluding hydrogens is 348 g/mol. The van der Waals surface area contributed by atoms with Gasteiger partial charge >= 0.3 is 0 Å². The van der Waals surface area contributed by atoms with E-state index in [1.54, 1.807) is 19.1 Å². The molecule has 2 aromatic carbocycles. The zero-order chi connectivity index (χ0) is 16.5. The van der Waals surface area contributed by atoms with E-state index in [1.165, 1.54) is 41.7 Å². The number of hydrogen-bond donors (Lipinski definition) is 0. The van der Waals surface area contributed by atoms with Gasteiger partial charge in [-0.3, -0.25) is 0 Å². The number of halogens is 3. The third-order valence-corrected chi connectivity index (χ3v) is 5.75. The second-order valence-electron chi connectivity index (χ2n) is 4.85. The summed E-state index contributed by atoms with van der Waals surface area (Å²) in [6.07, 6.45) is 0. The smallest absolute Gasteiger partial charge is 0.207 e. The second kappa shape index (κ2) is 6.54. The van der Waals surface area contributed by atoms with Crippen LogP contribution in [0.25, 0.3) is 0 Å². The summed E-state index contributed by atoms with van der Waals surface area (Å²) in [4.78, 5) is 0.0152. The van der Waals surface area contributed by atoms with Crippen molar-refractivity contribution in [3.05, 3.63) is 63.9 Å². The first-order valence-corrected chi connectivity index (χ1v) is 8.61. The van der Waals surface area contributed by atoms with Crippen LogP contribution >= 0.6 is 23.2 Å². The summed E-state index contributed by atoms with van der Waals surface area (Å²) in [7, 11) is -2.31. The number of benzene rings is 2. The molecule has 0 aromatic heterocycles. The fourth-order valence-electron chi connectivity index (χ4n) is 2.00. The molecule has 0 aliphatic rings. The molecule has 1 unspecified atom stereocenters. The van der Waals surface area contributed by atoms with E-state index in [9.17, 15) is 12.8 Å². The van der Waals surface area contributed by atoms with E-state index in [0.717, 1.165) is 0 Å². The SMILES string of the molecule is CC(c1ccc(F)cc1)N(C)S(=O)(=O)c1cc(Cl)cc(Cl)c1. The third kappa shape index (κ3) is 3.60. The largest absolute Gasteiger partial charge is 0.243 e. The van der Waals surface area contributed by atoms with Gasteiger partial charge in [0.05, 0.1) is 4.90 Å². The van der Waals surface area contributed by atoms with Gasteiger partial charge < -0.3 is 0 Å². The van der Waals surface area contributed by atoms with Crippen LogP contribution in [-0.2, 0) is 10.0 Å². The van der Waals surface area contributed by atoms with Crippen LogP contribution < -0.4 is 0 Å². The predicted molar refractivity (Wildman–Crippen MR) is 86.2 cm³/mol. The van der Waals surface area contributed by atoms with E-state index in [2.05, 4.69) is 0 Å². The summed E-state index contributed by atoms with van der Waals surface area (Å²) < 4.78 is 39.5. The van der Waals surface area contributed by atoms with Crippen molar-refractivity contribution in [2.24, 2.45) is 0 Å². The Morgan fingerprint density at radius 1 is 1.05 bits per heavy atom. The van der Waals surface area contributed by atoms with E-state index in [4.69, 9.17) is 23.2 Å². The first-order chi connectivity index (χ1) is 10.2. The highest BCUT2D eigenvalue weighted by Crippen LogP contribution is 2.29. The van der Waals surface area contributed by atoms with Crippen LogP contribution in [0.2, 0.25) is 10.0 Å². The Morgan fingerprint density at radius 2 is 1.55 bits per heavy atom. The monoisotopic (exact) mass is 361 g/mol. The first kappa shape index (κ1) is 17.2. The van der Waals surface area contributed by atoms with Gasteiger partial charge in [-0.25, -0.2) is 12.8 Å². The van der Waals surface area contributed by atoms with Crippen LogP contribution in [0, 0.1) is 5.82 Å². The third-order valence-electron chi connectivity index (χ3n) is 3.41. The molecule has 118 valence electrons. The molecule has 2 rings (SSSR count). The Balaban J connectivity index is 2.37. The minimum atomic E-state index is -3.77. The summed E-state index contributed by atoms with van der Waals surface area (Å²) in [5.74, 6) is -0.372. The van der Waals surface area contributed by atoms with E-state index < -0.39 is 16.1 Å². The summed E-state index contributed by atoms with van der Waals surface area (Å²) in [5, 5.41) is 0.489. The molecule has 0 radical (unpaired) electrons. The zero-order valence-electron chi connectivity index (χ0n) is 11.9. The van der Waals surface area contributed by atoms with Gasteiger partial charge in [-0.2, -0.15) is 4.31 Å². The van der Waals surface area contributed by atoms with Crippen molar-refractivity contribution < 1.29 is 12.8 Å². The van der Waals surface area contributed by atoms with Gasteiger partial charge in [0, 0.05) is 23.1 Å². The van der Waals surface area contributed by atoms with Crippen molar-refractivity contribution in [2.45, 2.75) is 17.9 Å². The summed E-state index contributed by atoms with van der Waals surface area (Å²) in [6.45, 7) is 1.72. The van der Waals surface area contributed by atoms with E-state index in [0.29, 0.717) is 5.56 Å². The van der Waals surface area contributed by atoms with Crippen LogP contribution in [0.5, 0.6) is 0 Å². The minimum Gasteiger partial charge on any atom is -0.207 e. The van der Waals surface area contributed by atoms with Gasteiger partial charge in [0.1, 0.15) is 5.82 Å². The normalized spacial score (nSPS) is 13.4. The van der Waals surface area contributed by atoms with Gasteiger partial charge in [0.15, 0.2) is 0 Å². The lowest BCUT2D eigenvalue weighted by molar-refractivity contribution is 0.398. The van der Waals surface area contributed by atoms with Crippen molar-refractivity contribution in [1.29, 1.82) is 0 Å². The molecule has 3 nitrogen and oxygen atoms in total. The van der Waals surface area contributed by atoms with Crippen LogP contribution in [0.4, 0.5) is 4.39 Å². The van der Waals surface area contributed by atoms with E-state index >= 15 is 0 Å². The summed E-state index contributed by atoms with van der Waals surface area (Å²) in [5.41, 5.74) is 0.681. The number of nitrogens with zero attached hydrogens (tertiary/aromatic N) is 1. The lowest BCUT2D eigenvalue weighted by Crippen LogP contribution is -2.29. The summed E-state index contributed by atoms with van der Waals surface area (Å²) in [6, 6.07) is 9.38. The van der Waals surface area contributed by atoms with Gasteiger partial charge in [-0.1, -0.05) is 35.3 Å². The van der Waals surface area contributed by atoms with Crippen molar-refractivity contribution in [3.63, 3.8) is 0 Å². The van der Waals surface area contributed by atoms with Crippen molar-refractivity contribution in [1.82, 2.24) is 4.31 Å². The molecule has 0 aliphatic carbocycles. The highest BCUT2D eigenvalue weighted by Gasteiger charge is 2.27. The Hall–Kier alpha value is -1.14. The number of rotatable bonds is 4. The number of hydrogen-bond acceptors (Lipinski definition) is 2. The zero-order valence-corrected chi connectivity index (χ0v) is 14.3. The maximum absolute atomic E-state index is 13.0. The molecule has 1 atom stereocenters. The molecule has 7 heteroatoms. The summed E-state index contributed by atoms with van der Waals surface area (Å²) >= 11 is 11.7. The van der Waals surface area contributed by atoms with Crippen LogP contribution in [0.15, 0.2) is 47.4 Å². The van der Waals surface area contributed by atoms with Gasteiger partial charge in [-0.05, 0) is 42.8 Å². The topological polar surface area (TPSA) is 37.4 Å². The van der Waals surface area contributed by atoms with Gasteiger partial charge in [-0.15, -0.1) is 0 Å². The molecule has 0 aliphatic heterocycles. The number of sulfonamides is 1. The van der Waals surface area contributed by atoms with E-state index in [1.807, 2.05) is 0 Å². The van der Waals surface area contributed by atoms with E-state index in [-0.39, 0.29) is 20.8 Å². The molecule has 0 N–H and O–H groups in total. The maximum atomic E-state index is 13.0. The molecule has 0 saturated carbocycles. The predicted octanol–water partition coefficient (Wildman–Crippen LogP) is 4.51. The quantitative estimate of drug-likeness (QED) is 0.802. The molecule has 0 fully saturated rings. The highest BCUT2D eigenvalue weighted by atomic mass is 35.5. The molecule has 2 aromatic rings. The lowest BCUT2D eigenvalue weighted by Gasteiger charge is -2.25. The van der Waals surface area contributed by atoms with Gasteiger partial charge in [0.2, 0.25) is 10.0 Å². The molecule has 0 bridgehead atoms. The average Bonchev–Trinajstić information content (AvgIpc) is 2.45. The fraction of sp³-hybridized carbons (Fsp3) is 0.200. The van der Waals surface area contributed by atoms with Gasteiger partial charge in [0.25, 0.3) is 0 Å². The van der Waals surface area contributed by atoms with Crippen molar-refractivity contribution in [3.8, 4) is 0 Å². The molecule has 0 spiro atoms. The van der Waals surface area contributed by atoms with Crippen molar-refractivity contribution in [2.75, 3.05) is 7.05 Å². The maximum Gasteiger partial charge on any atom is 0.243 e. The lowest BCUT2D eigenvalue weighted by atomic mass is 10.1. The molecule has 22 heavy (non-hydrogen) atoms. The minimum absolute atomic E-state index is 0.0152. The average molecular weight is 362 g/mol. The Labute approximate surface area is 139 Å². The Morgan fingerprint density at radius 3 is 2.05 bits per heavy atom. The van der Waals surface area contributed by atoms with Crippen molar-refractivity contribution >= 4 is 33.2 Å². The highest BCUT2D eigenvalue weighted by molar-refractivity contribution is 7.89. The fourth-order valence-corrected chi connectivity index (χ4v) is 4.08. The molecular formula is C15H14Cl2FNO2S. The second-order valence-corrected chi connectivity index (χ2v) is 7.72. The van der Waals surface area contributed by atoms with Crippen LogP contribution in [0.1, 0.15) is 18.5 Å². The molecule has 0 saturated heterocycles. The Kier molecular flexibility index (Phi) is 5.12. The van der Waals surface area contributed by atoms with Crippen LogP contribution in [0.3, 0.4) is 0 Å².